The van der Waals surface area contributed by atoms with E-state index in [1.165, 1.54) is 7.11 Å². The lowest BCUT2D eigenvalue weighted by atomic mass is 10.1. The fraction of sp³-hybridized carbons (Fsp3) is 0.429. The van der Waals surface area contributed by atoms with Gasteiger partial charge in [-0.3, -0.25) is 9.25 Å². The second-order valence-corrected chi connectivity index (χ2v) is 7.51. The number of aromatic nitrogens is 5. The summed E-state index contributed by atoms with van der Waals surface area (Å²) in [4.78, 5) is 11.6. The van der Waals surface area contributed by atoms with Crippen LogP contribution in [0.1, 0.15) is 29.8 Å². The van der Waals surface area contributed by atoms with Crippen LogP contribution < -0.4 is 4.74 Å². The average molecular weight is 446 g/mol. The highest BCUT2D eigenvalue weighted by Crippen LogP contribution is 2.31. The van der Waals surface area contributed by atoms with Gasteiger partial charge in [-0.25, -0.2) is 4.79 Å². The van der Waals surface area contributed by atoms with Crippen LogP contribution in [0.2, 0.25) is 0 Å². The Bertz CT molecular complexity index is 1000. The smallest absolute Gasteiger partial charge is 0.337 e. The molecule has 0 saturated carbocycles. The van der Waals surface area contributed by atoms with Gasteiger partial charge in [-0.15, -0.1) is 15.3 Å². The topological polar surface area (TPSA) is 93.3 Å². The number of carbonyl (C=O) groups excluding carboxylic acids is 1. The summed E-state index contributed by atoms with van der Waals surface area (Å²) in [7, 11) is 3.04. The second-order valence-electron chi connectivity index (χ2n) is 6.56. The van der Waals surface area contributed by atoms with Gasteiger partial charge in [-0.1, -0.05) is 23.9 Å². The van der Waals surface area contributed by atoms with E-state index < -0.39 is 0 Å². The van der Waals surface area contributed by atoms with Gasteiger partial charge in [-0.2, -0.15) is 0 Å². The van der Waals surface area contributed by atoms with E-state index >= 15 is 0 Å². The molecule has 2 heterocycles. The van der Waals surface area contributed by atoms with Gasteiger partial charge < -0.3 is 14.2 Å². The number of hydrogen-bond donors (Lipinski definition) is 0. The fourth-order valence-corrected chi connectivity index (χ4v) is 3.86. The Morgan fingerprint density at radius 3 is 2.55 bits per heavy atom. The molecular weight excluding hydrogens is 418 g/mol. The Morgan fingerprint density at radius 2 is 1.90 bits per heavy atom. The van der Waals surface area contributed by atoms with Crippen molar-refractivity contribution >= 4 is 17.7 Å². The molecule has 0 radical (unpaired) electrons. The van der Waals surface area contributed by atoms with E-state index in [2.05, 4.69) is 15.3 Å². The molecule has 3 aromatic rings. The van der Waals surface area contributed by atoms with Crippen molar-refractivity contribution in [3.63, 3.8) is 0 Å². The summed E-state index contributed by atoms with van der Waals surface area (Å²) >= 11 is 1.57. The quantitative estimate of drug-likeness (QED) is 0.328. The van der Waals surface area contributed by atoms with Crippen molar-refractivity contribution in [1.29, 1.82) is 0 Å². The molecular formula is C21H27N5O4S. The SMILES string of the molecule is CCOc1nn(CC)cc1-c1nnc(SCc2ccc(C(=O)OC)cc2)n1CCOC. The number of thioether (sulfide) groups is 1. The summed E-state index contributed by atoms with van der Waals surface area (Å²) in [5, 5.41) is 14.1. The molecule has 3 rings (SSSR count). The molecule has 0 N–H and O–H groups in total. The van der Waals surface area contributed by atoms with Gasteiger partial charge in [0, 0.05) is 25.6 Å². The molecule has 0 amide bonds. The molecule has 166 valence electrons. The molecule has 0 fully saturated rings. The van der Waals surface area contributed by atoms with Crippen LogP contribution in [0.4, 0.5) is 0 Å². The van der Waals surface area contributed by atoms with Crippen molar-refractivity contribution in [2.75, 3.05) is 27.4 Å². The standard InChI is InChI=1S/C21H27N5O4S/c1-5-25-13-17(19(24-25)30-6-2)18-22-23-21(26(18)11-12-28-3)31-14-15-7-9-16(10-8-15)20(27)29-4/h7-10,13H,5-6,11-12,14H2,1-4H3. The minimum atomic E-state index is -0.346. The fourth-order valence-electron chi connectivity index (χ4n) is 2.94. The van der Waals surface area contributed by atoms with E-state index in [0.29, 0.717) is 42.8 Å². The summed E-state index contributed by atoms with van der Waals surface area (Å²) in [6.45, 7) is 6.33. The lowest BCUT2D eigenvalue weighted by Gasteiger charge is -2.10. The molecule has 0 spiro atoms. The molecule has 31 heavy (non-hydrogen) atoms. The minimum Gasteiger partial charge on any atom is -0.476 e. The summed E-state index contributed by atoms with van der Waals surface area (Å²) in [6.07, 6.45) is 1.93. The van der Waals surface area contributed by atoms with Crippen molar-refractivity contribution < 1.29 is 19.0 Å². The highest BCUT2D eigenvalue weighted by molar-refractivity contribution is 7.98. The number of ether oxygens (including phenoxy) is 3. The first kappa shape index (κ1) is 22.8. The molecule has 0 aliphatic carbocycles. The van der Waals surface area contributed by atoms with Crippen LogP contribution in [0, 0.1) is 0 Å². The van der Waals surface area contributed by atoms with E-state index in [-0.39, 0.29) is 5.97 Å². The number of benzene rings is 1. The van der Waals surface area contributed by atoms with Crippen molar-refractivity contribution in [3.8, 4) is 17.3 Å². The lowest BCUT2D eigenvalue weighted by Crippen LogP contribution is -2.08. The van der Waals surface area contributed by atoms with Gasteiger partial charge >= 0.3 is 5.97 Å². The minimum absolute atomic E-state index is 0.346. The monoisotopic (exact) mass is 445 g/mol. The number of nitrogens with zero attached hydrogens (tertiary/aromatic N) is 5. The van der Waals surface area contributed by atoms with Crippen LogP contribution >= 0.6 is 11.8 Å². The number of esters is 1. The highest BCUT2D eigenvalue weighted by atomic mass is 32.2. The molecule has 0 atom stereocenters. The molecule has 0 unspecified atom stereocenters. The molecule has 0 bridgehead atoms. The maximum atomic E-state index is 11.6. The van der Waals surface area contributed by atoms with Gasteiger partial charge in [0.1, 0.15) is 5.56 Å². The molecule has 2 aromatic heterocycles. The van der Waals surface area contributed by atoms with E-state index in [1.807, 2.05) is 41.4 Å². The Kier molecular flexibility index (Phi) is 8.07. The first-order valence-electron chi connectivity index (χ1n) is 10.0. The van der Waals surface area contributed by atoms with Gasteiger partial charge in [0.25, 0.3) is 0 Å². The predicted octanol–water partition coefficient (Wildman–Crippen LogP) is 3.29. The van der Waals surface area contributed by atoms with E-state index in [4.69, 9.17) is 14.2 Å². The summed E-state index contributed by atoms with van der Waals surface area (Å²) in [5.74, 6) is 1.58. The van der Waals surface area contributed by atoms with E-state index in [9.17, 15) is 4.79 Å². The first-order valence-corrected chi connectivity index (χ1v) is 11.0. The maximum Gasteiger partial charge on any atom is 0.337 e. The number of hydrogen-bond acceptors (Lipinski definition) is 8. The zero-order chi connectivity index (χ0) is 22.2. The Balaban J connectivity index is 1.84. The van der Waals surface area contributed by atoms with Crippen molar-refractivity contribution in [2.24, 2.45) is 0 Å². The van der Waals surface area contributed by atoms with Crippen molar-refractivity contribution in [1.82, 2.24) is 24.5 Å². The second kappa shape index (κ2) is 11.0. The average Bonchev–Trinajstić information content (AvgIpc) is 3.39. The third-order valence-electron chi connectivity index (χ3n) is 4.55. The molecule has 1 aromatic carbocycles. The Morgan fingerprint density at radius 1 is 1.13 bits per heavy atom. The van der Waals surface area contributed by atoms with Crippen molar-refractivity contribution in [3.05, 3.63) is 41.6 Å². The zero-order valence-electron chi connectivity index (χ0n) is 18.2. The van der Waals surface area contributed by atoms with Gasteiger partial charge in [0.05, 0.1) is 32.4 Å². The van der Waals surface area contributed by atoms with Gasteiger partial charge in [0.2, 0.25) is 5.88 Å². The van der Waals surface area contributed by atoms with Crippen LogP contribution in [-0.4, -0.2) is 57.9 Å². The van der Waals surface area contributed by atoms with Crippen LogP contribution in [0.3, 0.4) is 0 Å². The highest BCUT2D eigenvalue weighted by Gasteiger charge is 2.21. The number of rotatable bonds is 11. The Hall–Kier alpha value is -2.85. The number of methoxy groups -OCH3 is 2. The van der Waals surface area contributed by atoms with Crippen molar-refractivity contribution in [2.45, 2.75) is 37.8 Å². The van der Waals surface area contributed by atoms with Gasteiger partial charge in [0.15, 0.2) is 11.0 Å². The normalized spacial score (nSPS) is 11.0. The molecule has 9 nitrogen and oxygen atoms in total. The molecule has 0 aliphatic rings. The van der Waals surface area contributed by atoms with Crippen LogP contribution in [0.25, 0.3) is 11.4 Å². The number of aryl methyl sites for hydroxylation is 1. The van der Waals surface area contributed by atoms with E-state index in [1.54, 1.807) is 31.0 Å². The number of carbonyl (C=O) groups is 1. The lowest BCUT2D eigenvalue weighted by molar-refractivity contribution is 0.0600. The summed E-state index contributed by atoms with van der Waals surface area (Å²) in [5.41, 5.74) is 2.40. The zero-order valence-corrected chi connectivity index (χ0v) is 19.0. The summed E-state index contributed by atoms with van der Waals surface area (Å²) in [6, 6.07) is 7.34. The molecule has 10 heteroatoms. The third-order valence-corrected chi connectivity index (χ3v) is 5.59. The third kappa shape index (κ3) is 5.45. The van der Waals surface area contributed by atoms with E-state index in [0.717, 1.165) is 22.8 Å². The van der Waals surface area contributed by atoms with Crippen LogP contribution in [0.15, 0.2) is 35.6 Å². The Labute approximate surface area is 185 Å². The van der Waals surface area contributed by atoms with Crippen LogP contribution in [-0.2, 0) is 28.3 Å². The predicted molar refractivity (Wildman–Crippen MR) is 117 cm³/mol. The maximum absolute atomic E-state index is 11.6. The van der Waals surface area contributed by atoms with Gasteiger partial charge in [-0.05, 0) is 31.5 Å². The molecule has 0 aliphatic heterocycles. The largest absolute Gasteiger partial charge is 0.476 e. The van der Waals surface area contributed by atoms with Crippen LogP contribution in [0.5, 0.6) is 5.88 Å². The first-order chi connectivity index (χ1) is 15.1. The molecule has 0 saturated heterocycles. The summed E-state index contributed by atoms with van der Waals surface area (Å²) < 4.78 is 19.6.